The van der Waals surface area contributed by atoms with Crippen LogP contribution in [0.5, 0.6) is 0 Å². The number of aromatic amines is 1. The number of rotatable bonds is 3. The minimum atomic E-state index is -0.362. The van der Waals surface area contributed by atoms with Gasteiger partial charge in [-0.1, -0.05) is 11.6 Å². The molecule has 7 heteroatoms. The molecule has 0 saturated carbocycles. The van der Waals surface area contributed by atoms with Gasteiger partial charge in [0.1, 0.15) is 5.82 Å². The van der Waals surface area contributed by atoms with Crippen molar-refractivity contribution in [2.45, 2.75) is 38.8 Å². The maximum Gasteiger partial charge on any atom is 0.252 e. The third-order valence-corrected chi connectivity index (χ3v) is 4.70. The second-order valence-electron chi connectivity index (χ2n) is 6.52. The monoisotopic (exact) mass is 342 g/mol. The molecule has 1 aliphatic heterocycles. The van der Waals surface area contributed by atoms with Gasteiger partial charge in [0.2, 0.25) is 5.89 Å². The standard InChI is InChI=1S/C18H19FN4O2/c1-11-20-18(25-22-11)16-4-2-3-7-23(16)10-13-8-12-5-6-14(19)9-15(12)21-17(13)24/h5-6,8-9,16H,2-4,7,10H2,1H3,(H,21,24)/t16-/m0/s1. The number of hydrogen-bond acceptors (Lipinski definition) is 5. The number of nitrogens with zero attached hydrogens (tertiary/aromatic N) is 3. The first kappa shape index (κ1) is 16.0. The van der Waals surface area contributed by atoms with E-state index >= 15 is 0 Å². The summed E-state index contributed by atoms with van der Waals surface area (Å²) in [5.74, 6) is 0.862. The zero-order valence-corrected chi connectivity index (χ0v) is 14.0. The fourth-order valence-corrected chi connectivity index (χ4v) is 3.46. The summed E-state index contributed by atoms with van der Waals surface area (Å²) in [6, 6.07) is 6.27. The number of piperidine rings is 1. The van der Waals surface area contributed by atoms with Crippen molar-refractivity contribution in [2.75, 3.05) is 6.54 Å². The number of pyridine rings is 1. The number of likely N-dealkylation sites (tertiary alicyclic amines) is 1. The van der Waals surface area contributed by atoms with E-state index in [1.165, 1.54) is 12.1 Å². The van der Waals surface area contributed by atoms with E-state index in [4.69, 9.17) is 4.52 Å². The minimum absolute atomic E-state index is 0.0262. The lowest BCUT2D eigenvalue weighted by Crippen LogP contribution is -2.35. The van der Waals surface area contributed by atoms with E-state index in [2.05, 4.69) is 20.0 Å². The lowest BCUT2D eigenvalue weighted by molar-refractivity contribution is 0.111. The topological polar surface area (TPSA) is 75.0 Å². The Morgan fingerprint density at radius 3 is 3.04 bits per heavy atom. The molecule has 2 aromatic heterocycles. The normalized spacial score (nSPS) is 18.7. The van der Waals surface area contributed by atoms with Gasteiger partial charge >= 0.3 is 0 Å². The van der Waals surface area contributed by atoms with Crippen LogP contribution in [0.1, 0.15) is 42.6 Å². The molecule has 0 amide bonds. The quantitative estimate of drug-likeness (QED) is 0.792. The fourth-order valence-electron chi connectivity index (χ4n) is 3.46. The molecule has 1 atom stereocenters. The fraction of sp³-hybridized carbons (Fsp3) is 0.389. The average Bonchev–Trinajstić information content (AvgIpc) is 3.02. The van der Waals surface area contributed by atoms with Crippen molar-refractivity contribution in [3.05, 3.63) is 57.7 Å². The molecule has 1 N–H and O–H groups in total. The smallest absolute Gasteiger partial charge is 0.252 e. The first-order chi connectivity index (χ1) is 12.1. The molecular formula is C18H19FN4O2. The highest BCUT2D eigenvalue weighted by Gasteiger charge is 2.29. The number of aromatic nitrogens is 3. The Balaban J connectivity index is 1.65. The molecule has 0 aliphatic carbocycles. The molecule has 4 rings (SSSR count). The molecule has 1 aliphatic rings. The molecule has 0 spiro atoms. The molecule has 3 heterocycles. The second-order valence-corrected chi connectivity index (χ2v) is 6.52. The van der Waals surface area contributed by atoms with Crippen LogP contribution >= 0.6 is 0 Å². The number of H-pyrrole nitrogens is 1. The Labute approximate surface area is 143 Å². The van der Waals surface area contributed by atoms with Crippen molar-refractivity contribution in [3.8, 4) is 0 Å². The van der Waals surface area contributed by atoms with Gasteiger partial charge in [-0.25, -0.2) is 4.39 Å². The van der Waals surface area contributed by atoms with E-state index < -0.39 is 0 Å². The van der Waals surface area contributed by atoms with Crippen LogP contribution < -0.4 is 5.56 Å². The van der Waals surface area contributed by atoms with Gasteiger partial charge in [0.15, 0.2) is 5.82 Å². The Morgan fingerprint density at radius 1 is 1.36 bits per heavy atom. The molecule has 1 aromatic carbocycles. The van der Waals surface area contributed by atoms with Gasteiger partial charge in [0.25, 0.3) is 5.56 Å². The zero-order chi connectivity index (χ0) is 17.4. The van der Waals surface area contributed by atoms with Crippen molar-refractivity contribution in [2.24, 2.45) is 0 Å². The average molecular weight is 342 g/mol. The van der Waals surface area contributed by atoms with Crippen molar-refractivity contribution in [3.63, 3.8) is 0 Å². The highest BCUT2D eigenvalue weighted by Crippen LogP contribution is 2.31. The summed E-state index contributed by atoms with van der Waals surface area (Å²) < 4.78 is 18.7. The summed E-state index contributed by atoms with van der Waals surface area (Å²) >= 11 is 0. The van der Waals surface area contributed by atoms with Crippen molar-refractivity contribution in [1.29, 1.82) is 0 Å². The second kappa shape index (κ2) is 6.40. The molecule has 0 bridgehead atoms. The number of benzene rings is 1. The van der Waals surface area contributed by atoms with Crippen LogP contribution in [-0.4, -0.2) is 26.6 Å². The van der Waals surface area contributed by atoms with Gasteiger partial charge in [0.05, 0.1) is 11.6 Å². The van der Waals surface area contributed by atoms with Crippen LogP contribution in [0.3, 0.4) is 0 Å². The first-order valence-electron chi connectivity index (χ1n) is 8.46. The third kappa shape index (κ3) is 3.19. The van der Waals surface area contributed by atoms with Crippen molar-refractivity contribution in [1.82, 2.24) is 20.0 Å². The van der Waals surface area contributed by atoms with E-state index in [1.807, 2.05) is 6.07 Å². The molecule has 130 valence electrons. The molecule has 0 unspecified atom stereocenters. The maximum atomic E-state index is 13.3. The summed E-state index contributed by atoms with van der Waals surface area (Å²) in [5, 5.41) is 4.70. The van der Waals surface area contributed by atoms with Gasteiger partial charge in [0, 0.05) is 12.1 Å². The molecule has 25 heavy (non-hydrogen) atoms. The molecule has 6 nitrogen and oxygen atoms in total. The van der Waals surface area contributed by atoms with Crippen LogP contribution in [0.25, 0.3) is 10.9 Å². The molecule has 1 fully saturated rings. The molecule has 3 aromatic rings. The van der Waals surface area contributed by atoms with Crippen LogP contribution in [0.15, 0.2) is 33.6 Å². The zero-order valence-electron chi connectivity index (χ0n) is 14.0. The molecule has 1 saturated heterocycles. The Hall–Kier alpha value is -2.54. The third-order valence-electron chi connectivity index (χ3n) is 4.70. The number of fused-ring (bicyclic) bond motifs is 1. The predicted octanol–water partition coefficient (Wildman–Crippen LogP) is 3.09. The van der Waals surface area contributed by atoms with Crippen molar-refractivity contribution < 1.29 is 8.91 Å². The lowest BCUT2D eigenvalue weighted by Gasteiger charge is -2.33. The van der Waals surface area contributed by atoms with Crippen LogP contribution in [0.2, 0.25) is 0 Å². The van der Waals surface area contributed by atoms with Gasteiger partial charge in [-0.05, 0) is 56.0 Å². The number of aryl methyl sites for hydroxylation is 1. The highest BCUT2D eigenvalue weighted by molar-refractivity contribution is 5.78. The van der Waals surface area contributed by atoms with Crippen molar-refractivity contribution >= 4 is 10.9 Å². The Morgan fingerprint density at radius 2 is 2.24 bits per heavy atom. The Kier molecular flexibility index (Phi) is 4.09. The van der Waals surface area contributed by atoms with Gasteiger partial charge in [-0.3, -0.25) is 9.69 Å². The Bertz CT molecular complexity index is 965. The lowest BCUT2D eigenvalue weighted by atomic mass is 10.0. The predicted molar refractivity (Wildman–Crippen MR) is 90.6 cm³/mol. The summed E-state index contributed by atoms with van der Waals surface area (Å²) in [4.78, 5) is 21.7. The first-order valence-corrected chi connectivity index (χ1v) is 8.46. The van der Waals surface area contributed by atoms with Gasteiger partial charge < -0.3 is 9.51 Å². The van der Waals surface area contributed by atoms with Gasteiger partial charge in [-0.2, -0.15) is 4.98 Å². The van der Waals surface area contributed by atoms with E-state index in [0.717, 1.165) is 31.2 Å². The minimum Gasteiger partial charge on any atom is -0.338 e. The van der Waals surface area contributed by atoms with Crippen LogP contribution in [-0.2, 0) is 6.54 Å². The van der Waals surface area contributed by atoms with Crippen LogP contribution in [0, 0.1) is 12.7 Å². The maximum absolute atomic E-state index is 13.3. The SMILES string of the molecule is Cc1noc([C@@H]2CCCCN2Cc2cc3ccc(F)cc3[nH]c2=O)n1. The summed E-state index contributed by atoms with van der Waals surface area (Å²) in [6.07, 6.45) is 3.09. The summed E-state index contributed by atoms with van der Waals surface area (Å²) in [7, 11) is 0. The van der Waals surface area contributed by atoms with E-state index in [1.54, 1.807) is 13.0 Å². The largest absolute Gasteiger partial charge is 0.338 e. The summed E-state index contributed by atoms with van der Waals surface area (Å²) in [6.45, 7) is 3.16. The number of halogens is 1. The van der Waals surface area contributed by atoms with E-state index in [9.17, 15) is 9.18 Å². The van der Waals surface area contributed by atoms with E-state index in [-0.39, 0.29) is 17.4 Å². The highest BCUT2D eigenvalue weighted by atomic mass is 19.1. The summed E-state index contributed by atoms with van der Waals surface area (Å²) in [5.41, 5.74) is 0.975. The number of hydrogen-bond donors (Lipinski definition) is 1. The van der Waals surface area contributed by atoms with E-state index in [0.29, 0.717) is 29.3 Å². The van der Waals surface area contributed by atoms with Crippen LogP contribution in [0.4, 0.5) is 4.39 Å². The molecule has 0 radical (unpaired) electrons. The van der Waals surface area contributed by atoms with Gasteiger partial charge in [-0.15, -0.1) is 0 Å². The molecular weight excluding hydrogens is 323 g/mol. The number of nitrogens with one attached hydrogen (secondary N) is 1.